The first-order valence-electron chi connectivity index (χ1n) is 9.90. The fraction of sp³-hybridized carbons (Fsp3) is 0.217. The van der Waals surface area contributed by atoms with E-state index in [1.807, 2.05) is 43.5 Å². The van der Waals surface area contributed by atoms with Crippen molar-refractivity contribution < 1.29 is 19.1 Å². The Labute approximate surface area is 183 Å². The van der Waals surface area contributed by atoms with Crippen LogP contribution in [0.4, 0.5) is 5.13 Å². The molecule has 0 spiro atoms. The van der Waals surface area contributed by atoms with Crippen LogP contribution in [0, 0.1) is 0 Å². The van der Waals surface area contributed by atoms with Crippen molar-refractivity contribution in [2.75, 3.05) is 11.9 Å². The molecule has 3 aromatic rings. The van der Waals surface area contributed by atoms with Crippen molar-refractivity contribution in [3.05, 3.63) is 65.0 Å². The summed E-state index contributed by atoms with van der Waals surface area (Å²) in [6.07, 6.45) is 0.106. The Morgan fingerprint density at radius 2 is 1.71 bits per heavy atom. The van der Waals surface area contributed by atoms with Gasteiger partial charge in [0, 0.05) is 23.9 Å². The van der Waals surface area contributed by atoms with Gasteiger partial charge in [0.1, 0.15) is 5.75 Å². The topological polar surface area (TPSA) is 88.6 Å². The number of hydrogen-bond donors (Lipinski definition) is 1. The molecule has 31 heavy (non-hydrogen) atoms. The average Bonchev–Trinajstić information content (AvgIpc) is 3.30. The molecule has 2 aromatic carbocycles. The number of rotatable bonds is 7. The molecule has 0 atom stereocenters. The first-order chi connectivity index (χ1) is 14.9. The number of carbonyl (C=O) groups excluding carboxylic acids is 3. The zero-order chi connectivity index (χ0) is 22.0. The molecule has 2 heterocycles. The maximum Gasteiger partial charge on any atom is 0.261 e. The van der Waals surface area contributed by atoms with Crippen LogP contribution in [0.1, 0.15) is 41.0 Å². The molecule has 0 unspecified atom stereocenters. The number of amides is 3. The van der Waals surface area contributed by atoms with Gasteiger partial charge in [-0.3, -0.25) is 19.3 Å². The van der Waals surface area contributed by atoms with Crippen LogP contribution >= 0.6 is 11.3 Å². The summed E-state index contributed by atoms with van der Waals surface area (Å²) in [5, 5.41) is 5.06. The van der Waals surface area contributed by atoms with Gasteiger partial charge < -0.3 is 10.1 Å². The maximum atomic E-state index is 12.4. The van der Waals surface area contributed by atoms with Crippen molar-refractivity contribution in [1.82, 2.24) is 9.88 Å². The van der Waals surface area contributed by atoms with Crippen molar-refractivity contribution in [3.8, 4) is 17.0 Å². The van der Waals surface area contributed by atoms with Crippen molar-refractivity contribution >= 4 is 34.2 Å². The maximum absolute atomic E-state index is 12.4. The van der Waals surface area contributed by atoms with Crippen LogP contribution in [0.5, 0.6) is 5.75 Å². The minimum Gasteiger partial charge on any atom is -0.491 e. The van der Waals surface area contributed by atoms with Gasteiger partial charge in [-0.2, -0.15) is 0 Å². The van der Waals surface area contributed by atoms with Crippen LogP contribution in [0.2, 0.25) is 0 Å². The fourth-order valence-electron chi connectivity index (χ4n) is 3.28. The van der Waals surface area contributed by atoms with E-state index in [0.717, 1.165) is 21.9 Å². The minimum absolute atomic E-state index is 0.00161. The Hall–Kier alpha value is -3.52. The van der Waals surface area contributed by atoms with Crippen LogP contribution < -0.4 is 10.1 Å². The van der Waals surface area contributed by atoms with Crippen molar-refractivity contribution in [2.45, 2.75) is 26.4 Å². The third-order valence-electron chi connectivity index (χ3n) is 4.71. The largest absolute Gasteiger partial charge is 0.491 e. The second-order valence-electron chi connectivity index (χ2n) is 7.33. The lowest BCUT2D eigenvalue weighted by molar-refractivity contribution is -0.116. The molecular weight excluding hydrogens is 414 g/mol. The second-order valence-corrected chi connectivity index (χ2v) is 8.19. The van der Waals surface area contributed by atoms with Gasteiger partial charge in [-0.05, 0) is 50.2 Å². The number of nitrogens with one attached hydrogen (secondary N) is 1. The number of anilines is 1. The molecule has 8 heteroatoms. The predicted octanol–water partition coefficient (Wildman–Crippen LogP) is 4.22. The number of thiazole rings is 1. The standard InChI is InChI=1S/C23H21N3O4S/c1-14(2)30-16-9-7-15(8-10-16)19-13-31-23(24-19)25-20(27)11-12-26-21(28)17-5-3-4-6-18(17)22(26)29/h3-10,13-14H,11-12H2,1-2H3,(H,24,25,27). The minimum atomic E-state index is -0.366. The molecule has 3 amide bonds. The zero-order valence-corrected chi connectivity index (χ0v) is 17.9. The molecule has 0 bridgehead atoms. The fourth-order valence-corrected chi connectivity index (χ4v) is 4.01. The number of hydrogen-bond acceptors (Lipinski definition) is 6. The van der Waals surface area contributed by atoms with Crippen LogP contribution in [-0.2, 0) is 4.79 Å². The Morgan fingerprint density at radius 3 is 2.32 bits per heavy atom. The SMILES string of the molecule is CC(C)Oc1ccc(-c2csc(NC(=O)CCN3C(=O)c4ccccc4C3=O)n2)cc1. The van der Waals surface area contributed by atoms with E-state index < -0.39 is 0 Å². The van der Waals surface area contributed by atoms with Gasteiger partial charge in [-0.1, -0.05) is 12.1 Å². The molecule has 1 N–H and O–H groups in total. The number of aromatic nitrogens is 1. The lowest BCUT2D eigenvalue weighted by Crippen LogP contribution is -2.32. The van der Waals surface area contributed by atoms with Gasteiger partial charge in [0.25, 0.3) is 11.8 Å². The molecule has 0 aliphatic carbocycles. The molecule has 0 fully saturated rings. The highest BCUT2D eigenvalue weighted by Crippen LogP contribution is 2.27. The third-order valence-corrected chi connectivity index (χ3v) is 5.47. The number of ether oxygens (including phenoxy) is 1. The van der Waals surface area contributed by atoms with E-state index in [2.05, 4.69) is 10.3 Å². The normalized spacial score (nSPS) is 12.9. The monoisotopic (exact) mass is 435 g/mol. The van der Waals surface area contributed by atoms with Crippen LogP contribution in [0.25, 0.3) is 11.3 Å². The van der Waals surface area contributed by atoms with Crippen LogP contribution in [0.15, 0.2) is 53.9 Å². The van der Waals surface area contributed by atoms with Gasteiger partial charge in [0.15, 0.2) is 5.13 Å². The highest BCUT2D eigenvalue weighted by molar-refractivity contribution is 7.14. The number of nitrogens with zero attached hydrogens (tertiary/aromatic N) is 2. The number of imide groups is 1. The summed E-state index contributed by atoms with van der Waals surface area (Å²) in [5.74, 6) is -0.251. The lowest BCUT2D eigenvalue weighted by atomic mass is 10.1. The lowest BCUT2D eigenvalue weighted by Gasteiger charge is -2.12. The molecule has 0 saturated carbocycles. The van der Waals surface area contributed by atoms with E-state index in [-0.39, 0.29) is 36.8 Å². The molecule has 0 saturated heterocycles. The second kappa shape index (κ2) is 8.69. The molecule has 0 radical (unpaired) electrons. The Bertz CT molecular complexity index is 1100. The highest BCUT2D eigenvalue weighted by Gasteiger charge is 2.34. The summed E-state index contributed by atoms with van der Waals surface area (Å²) in [6, 6.07) is 14.3. The van der Waals surface area contributed by atoms with Gasteiger partial charge in [0.05, 0.1) is 22.9 Å². The van der Waals surface area contributed by atoms with E-state index in [0.29, 0.717) is 16.3 Å². The average molecular weight is 436 g/mol. The molecule has 1 aliphatic rings. The summed E-state index contributed by atoms with van der Waals surface area (Å²) in [6.45, 7) is 3.96. The zero-order valence-electron chi connectivity index (χ0n) is 17.1. The third kappa shape index (κ3) is 4.49. The summed E-state index contributed by atoms with van der Waals surface area (Å²) < 4.78 is 5.64. The summed E-state index contributed by atoms with van der Waals surface area (Å²) >= 11 is 1.31. The van der Waals surface area contributed by atoms with E-state index in [4.69, 9.17) is 4.74 Å². The molecule has 7 nitrogen and oxygen atoms in total. The quantitative estimate of drug-likeness (QED) is 0.561. The predicted molar refractivity (Wildman–Crippen MR) is 118 cm³/mol. The van der Waals surface area contributed by atoms with Crippen molar-refractivity contribution in [3.63, 3.8) is 0 Å². The first kappa shape index (κ1) is 20.7. The number of carbonyl (C=O) groups is 3. The highest BCUT2D eigenvalue weighted by atomic mass is 32.1. The van der Waals surface area contributed by atoms with Gasteiger partial charge >= 0.3 is 0 Å². The van der Waals surface area contributed by atoms with Gasteiger partial charge in [-0.25, -0.2) is 4.98 Å². The van der Waals surface area contributed by atoms with E-state index in [1.54, 1.807) is 24.3 Å². The molecule has 1 aliphatic heterocycles. The van der Waals surface area contributed by atoms with E-state index in [9.17, 15) is 14.4 Å². The molecule has 1 aromatic heterocycles. The number of benzene rings is 2. The van der Waals surface area contributed by atoms with Gasteiger partial charge in [0.2, 0.25) is 5.91 Å². The first-order valence-corrected chi connectivity index (χ1v) is 10.8. The Morgan fingerprint density at radius 1 is 1.06 bits per heavy atom. The molecular formula is C23H21N3O4S. The summed E-state index contributed by atoms with van der Waals surface area (Å²) in [7, 11) is 0. The smallest absolute Gasteiger partial charge is 0.261 e. The Balaban J connectivity index is 1.34. The number of fused-ring (bicyclic) bond motifs is 1. The van der Waals surface area contributed by atoms with Crippen LogP contribution in [0.3, 0.4) is 0 Å². The van der Waals surface area contributed by atoms with Crippen LogP contribution in [-0.4, -0.2) is 40.3 Å². The van der Waals surface area contributed by atoms with Crippen molar-refractivity contribution in [2.24, 2.45) is 0 Å². The summed E-state index contributed by atoms with van der Waals surface area (Å²) in [5.41, 5.74) is 2.42. The van der Waals surface area contributed by atoms with Crippen molar-refractivity contribution in [1.29, 1.82) is 0 Å². The van der Waals surface area contributed by atoms with E-state index >= 15 is 0 Å². The Kier molecular flexibility index (Phi) is 5.81. The molecule has 158 valence electrons. The molecule has 4 rings (SSSR count). The summed E-state index contributed by atoms with van der Waals surface area (Å²) in [4.78, 5) is 42.6. The van der Waals surface area contributed by atoms with Gasteiger partial charge in [-0.15, -0.1) is 11.3 Å². The van der Waals surface area contributed by atoms with E-state index in [1.165, 1.54) is 11.3 Å².